The van der Waals surface area contributed by atoms with E-state index in [1.54, 1.807) is 13.8 Å². The summed E-state index contributed by atoms with van der Waals surface area (Å²) in [5, 5.41) is 8.91. The summed E-state index contributed by atoms with van der Waals surface area (Å²) in [5.41, 5.74) is 0.813. The fourth-order valence-corrected chi connectivity index (χ4v) is 3.96. The zero-order valence-electron chi connectivity index (χ0n) is 12.1. The Morgan fingerprint density at radius 1 is 1.29 bits per heavy atom. The fraction of sp³-hybridized carbons (Fsp3) is 0.538. The maximum absolute atomic E-state index is 12.6. The SMILES string of the molecule is COc1cc(C)c(S(=O)(=O)N(CCO)CC(F)F)c(C)c1. The standard InChI is InChI=1S/C13H19F2NO4S/c1-9-6-11(20-3)7-10(2)13(9)21(18,19)16(4-5-17)8-12(14)15/h6-7,12,17H,4-5,8H2,1-3H3. The van der Waals surface area contributed by atoms with Gasteiger partial charge in [0, 0.05) is 6.54 Å². The molecule has 21 heavy (non-hydrogen) atoms. The highest BCUT2D eigenvalue weighted by atomic mass is 32.2. The van der Waals surface area contributed by atoms with Gasteiger partial charge in [-0.15, -0.1) is 0 Å². The molecule has 0 saturated heterocycles. The van der Waals surface area contributed by atoms with Gasteiger partial charge in [0.15, 0.2) is 0 Å². The Hall–Kier alpha value is -1.25. The molecule has 8 heteroatoms. The Balaban J connectivity index is 3.34. The molecular weight excluding hydrogens is 304 g/mol. The van der Waals surface area contributed by atoms with Crippen molar-refractivity contribution in [2.24, 2.45) is 0 Å². The molecule has 0 aliphatic heterocycles. The lowest BCUT2D eigenvalue weighted by Gasteiger charge is -2.23. The smallest absolute Gasteiger partial charge is 0.252 e. The van der Waals surface area contributed by atoms with E-state index in [1.165, 1.54) is 19.2 Å². The Morgan fingerprint density at radius 2 is 1.81 bits per heavy atom. The lowest BCUT2D eigenvalue weighted by atomic mass is 10.1. The molecule has 1 N–H and O–H groups in total. The van der Waals surface area contributed by atoms with Crippen LogP contribution in [0.5, 0.6) is 5.75 Å². The van der Waals surface area contributed by atoms with Crippen molar-refractivity contribution in [1.82, 2.24) is 4.31 Å². The van der Waals surface area contributed by atoms with Crippen LogP contribution >= 0.6 is 0 Å². The largest absolute Gasteiger partial charge is 0.497 e. The van der Waals surface area contributed by atoms with E-state index >= 15 is 0 Å². The molecule has 5 nitrogen and oxygen atoms in total. The number of benzene rings is 1. The van der Waals surface area contributed by atoms with Crippen LogP contribution in [0.3, 0.4) is 0 Å². The summed E-state index contributed by atoms with van der Waals surface area (Å²) in [6, 6.07) is 3.05. The number of halogens is 2. The molecule has 120 valence electrons. The molecule has 0 amide bonds. The summed E-state index contributed by atoms with van der Waals surface area (Å²) in [6.07, 6.45) is -2.81. The molecule has 1 aromatic carbocycles. The number of ether oxygens (including phenoxy) is 1. The van der Waals surface area contributed by atoms with Gasteiger partial charge in [-0.05, 0) is 37.1 Å². The molecule has 0 unspecified atom stereocenters. The van der Waals surface area contributed by atoms with Crippen LogP contribution in [0.2, 0.25) is 0 Å². The summed E-state index contributed by atoms with van der Waals surface area (Å²) in [4.78, 5) is -0.0302. The first-order valence-electron chi connectivity index (χ1n) is 6.28. The minimum atomic E-state index is -4.11. The van der Waals surface area contributed by atoms with Crippen molar-refractivity contribution in [3.8, 4) is 5.75 Å². The second kappa shape index (κ2) is 7.15. The minimum Gasteiger partial charge on any atom is -0.497 e. The second-order valence-corrected chi connectivity index (χ2v) is 6.44. The predicted octanol–water partition coefficient (Wildman–Crippen LogP) is 1.56. The van der Waals surface area contributed by atoms with Crippen LogP contribution in [0.4, 0.5) is 8.78 Å². The van der Waals surface area contributed by atoms with E-state index in [4.69, 9.17) is 9.84 Å². The second-order valence-electron chi connectivity index (χ2n) is 4.57. The first kappa shape index (κ1) is 17.8. The number of aryl methyl sites for hydroxylation is 2. The van der Waals surface area contributed by atoms with Crippen LogP contribution in [-0.4, -0.2) is 51.1 Å². The van der Waals surface area contributed by atoms with Crippen LogP contribution in [-0.2, 0) is 10.0 Å². The number of alkyl halides is 2. The van der Waals surface area contributed by atoms with Crippen molar-refractivity contribution in [1.29, 1.82) is 0 Å². The molecular formula is C13H19F2NO4S. The molecule has 0 radical (unpaired) electrons. The van der Waals surface area contributed by atoms with E-state index in [1.807, 2.05) is 0 Å². The van der Waals surface area contributed by atoms with Crippen molar-refractivity contribution in [2.45, 2.75) is 25.2 Å². The molecule has 0 saturated carbocycles. The van der Waals surface area contributed by atoms with Crippen molar-refractivity contribution in [2.75, 3.05) is 26.8 Å². The zero-order valence-corrected chi connectivity index (χ0v) is 13.0. The van der Waals surface area contributed by atoms with Gasteiger partial charge in [-0.1, -0.05) is 0 Å². The van der Waals surface area contributed by atoms with Gasteiger partial charge in [0.2, 0.25) is 10.0 Å². The summed E-state index contributed by atoms with van der Waals surface area (Å²) < 4.78 is 55.9. The van der Waals surface area contributed by atoms with Crippen LogP contribution < -0.4 is 4.74 Å². The molecule has 1 rings (SSSR count). The monoisotopic (exact) mass is 323 g/mol. The lowest BCUT2D eigenvalue weighted by Crippen LogP contribution is -2.37. The topological polar surface area (TPSA) is 66.8 Å². The number of methoxy groups -OCH3 is 1. The number of hydrogen-bond acceptors (Lipinski definition) is 4. The lowest BCUT2D eigenvalue weighted by molar-refractivity contribution is 0.113. The van der Waals surface area contributed by atoms with Crippen LogP contribution in [0.15, 0.2) is 17.0 Å². The highest BCUT2D eigenvalue weighted by Crippen LogP contribution is 2.28. The summed E-state index contributed by atoms with van der Waals surface area (Å²) in [6.45, 7) is 1.29. The summed E-state index contributed by atoms with van der Waals surface area (Å²) in [7, 11) is -2.65. The van der Waals surface area contributed by atoms with Gasteiger partial charge in [0.05, 0.1) is 25.2 Å². The third-order valence-corrected chi connectivity index (χ3v) is 5.13. The maximum Gasteiger partial charge on any atom is 0.252 e. The van der Waals surface area contributed by atoms with Gasteiger partial charge >= 0.3 is 0 Å². The van der Waals surface area contributed by atoms with Gasteiger partial charge in [-0.2, -0.15) is 4.31 Å². The molecule has 0 spiro atoms. The average molecular weight is 323 g/mol. The van der Waals surface area contributed by atoms with Gasteiger partial charge in [0.1, 0.15) is 5.75 Å². The molecule has 0 atom stereocenters. The summed E-state index contributed by atoms with van der Waals surface area (Å²) in [5.74, 6) is 0.492. The van der Waals surface area contributed by atoms with E-state index in [0.717, 1.165) is 0 Å². The van der Waals surface area contributed by atoms with Crippen LogP contribution in [0.25, 0.3) is 0 Å². The molecule has 0 heterocycles. The van der Waals surface area contributed by atoms with E-state index in [-0.39, 0.29) is 11.4 Å². The number of hydrogen-bond donors (Lipinski definition) is 1. The van der Waals surface area contributed by atoms with E-state index < -0.39 is 29.6 Å². The van der Waals surface area contributed by atoms with Gasteiger partial charge in [0.25, 0.3) is 6.43 Å². The van der Waals surface area contributed by atoms with Crippen molar-refractivity contribution in [3.05, 3.63) is 23.3 Å². The van der Waals surface area contributed by atoms with Crippen LogP contribution in [0.1, 0.15) is 11.1 Å². The number of sulfonamides is 1. The van der Waals surface area contributed by atoms with E-state index in [0.29, 0.717) is 21.2 Å². The van der Waals surface area contributed by atoms with Gasteiger partial charge in [-0.25, -0.2) is 17.2 Å². The highest BCUT2D eigenvalue weighted by Gasteiger charge is 2.29. The zero-order chi connectivity index (χ0) is 16.2. The number of nitrogens with zero attached hydrogens (tertiary/aromatic N) is 1. The Labute approximate surface area is 123 Å². The highest BCUT2D eigenvalue weighted by molar-refractivity contribution is 7.89. The molecule has 0 bridgehead atoms. The molecule has 0 fully saturated rings. The third kappa shape index (κ3) is 4.12. The number of aliphatic hydroxyl groups is 1. The van der Waals surface area contributed by atoms with Gasteiger partial charge < -0.3 is 9.84 Å². The van der Waals surface area contributed by atoms with Crippen LogP contribution in [0, 0.1) is 13.8 Å². The predicted molar refractivity (Wildman–Crippen MR) is 74.3 cm³/mol. The van der Waals surface area contributed by atoms with Crippen molar-refractivity contribution >= 4 is 10.0 Å². The first-order chi connectivity index (χ1) is 9.73. The molecule has 0 aliphatic carbocycles. The molecule has 0 aromatic heterocycles. The van der Waals surface area contributed by atoms with Crippen molar-refractivity contribution < 1.29 is 27.0 Å². The third-order valence-electron chi connectivity index (χ3n) is 2.96. The fourth-order valence-electron chi connectivity index (χ4n) is 2.14. The summed E-state index contributed by atoms with van der Waals surface area (Å²) >= 11 is 0. The Bertz CT molecular complexity index is 567. The number of rotatable bonds is 7. The molecule has 1 aromatic rings. The van der Waals surface area contributed by atoms with Gasteiger partial charge in [-0.3, -0.25) is 0 Å². The maximum atomic E-state index is 12.6. The normalized spacial score (nSPS) is 12.2. The quantitative estimate of drug-likeness (QED) is 0.827. The van der Waals surface area contributed by atoms with E-state index in [2.05, 4.69) is 0 Å². The average Bonchev–Trinajstić information content (AvgIpc) is 2.36. The van der Waals surface area contributed by atoms with E-state index in [9.17, 15) is 17.2 Å². The minimum absolute atomic E-state index is 0.0302. The number of aliphatic hydroxyl groups excluding tert-OH is 1. The Kier molecular flexibility index (Phi) is 6.06. The first-order valence-corrected chi connectivity index (χ1v) is 7.72. The van der Waals surface area contributed by atoms with Crippen molar-refractivity contribution in [3.63, 3.8) is 0 Å². The Morgan fingerprint density at radius 3 is 2.19 bits per heavy atom. The molecule has 0 aliphatic rings.